The summed E-state index contributed by atoms with van der Waals surface area (Å²) < 4.78 is 5.54. The highest BCUT2D eigenvalue weighted by Crippen LogP contribution is 2.26. The van der Waals surface area contributed by atoms with Gasteiger partial charge >= 0.3 is 0 Å². The van der Waals surface area contributed by atoms with Gasteiger partial charge in [-0.2, -0.15) is 0 Å². The van der Waals surface area contributed by atoms with Crippen molar-refractivity contribution in [1.29, 1.82) is 0 Å². The van der Waals surface area contributed by atoms with Crippen LogP contribution in [-0.2, 0) is 6.61 Å². The topological polar surface area (TPSA) is 29.5 Å². The van der Waals surface area contributed by atoms with Crippen LogP contribution in [0.25, 0.3) is 0 Å². The van der Waals surface area contributed by atoms with E-state index in [4.69, 9.17) is 9.84 Å². The lowest BCUT2D eigenvalue weighted by Crippen LogP contribution is -1.95. The zero-order chi connectivity index (χ0) is 8.39. The molecule has 2 heteroatoms. The predicted octanol–water partition coefficient (Wildman–Crippen LogP) is 1.72. The molecular weight excluding hydrogens is 152 g/mol. The molecule has 0 atom stereocenters. The zero-order valence-corrected chi connectivity index (χ0v) is 6.86. The first-order valence-electron chi connectivity index (χ1n) is 4.25. The number of aliphatic hydroxyl groups excluding tert-OH is 1. The van der Waals surface area contributed by atoms with Crippen LogP contribution in [0.15, 0.2) is 24.3 Å². The molecule has 0 aliphatic heterocycles. The van der Waals surface area contributed by atoms with Crippen molar-refractivity contribution in [2.24, 2.45) is 0 Å². The molecule has 0 saturated heterocycles. The van der Waals surface area contributed by atoms with Gasteiger partial charge in [-0.25, -0.2) is 0 Å². The third kappa shape index (κ3) is 1.77. The van der Waals surface area contributed by atoms with Crippen LogP contribution in [0.2, 0.25) is 0 Å². The van der Waals surface area contributed by atoms with E-state index < -0.39 is 0 Å². The van der Waals surface area contributed by atoms with Gasteiger partial charge in [-0.1, -0.05) is 12.1 Å². The van der Waals surface area contributed by atoms with E-state index in [9.17, 15) is 0 Å². The molecule has 0 spiro atoms. The zero-order valence-electron chi connectivity index (χ0n) is 6.86. The highest BCUT2D eigenvalue weighted by Gasteiger charge is 2.23. The average Bonchev–Trinajstić information content (AvgIpc) is 2.90. The molecule has 1 saturated carbocycles. The fourth-order valence-electron chi connectivity index (χ4n) is 1.05. The molecule has 1 aromatic rings. The van der Waals surface area contributed by atoms with Gasteiger partial charge in [0.25, 0.3) is 0 Å². The molecule has 0 bridgehead atoms. The molecule has 0 aromatic heterocycles. The van der Waals surface area contributed by atoms with Crippen LogP contribution >= 0.6 is 0 Å². The van der Waals surface area contributed by atoms with Crippen molar-refractivity contribution in [3.05, 3.63) is 29.8 Å². The van der Waals surface area contributed by atoms with Crippen molar-refractivity contribution in [2.45, 2.75) is 25.6 Å². The normalized spacial score (nSPS) is 16.1. The first-order chi connectivity index (χ1) is 5.88. The Morgan fingerprint density at radius 2 is 1.92 bits per heavy atom. The largest absolute Gasteiger partial charge is 0.490 e. The molecule has 1 fully saturated rings. The summed E-state index contributed by atoms with van der Waals surface area (Å²) in [6.07, 6.45) is 2.81. The summed E-state index contributed by atoms with van der Waals surface area (Å²) in [5.41, 5.74) is 0.929. The summed E-state index contributed by atoms with van der Waals surface area (Å²) in [4.78, 5) is 0. The maximum atomic E-state index is 8.78. The lowest BCUT2D eigenvalue weighted by atomic mass is 10.2. The van der Waals surface area contributed by atoms with Gasteiger partial charge in [0.05, 0.1) is 12.7 Å². The van der Waals surface area contributed by atoms with Crippen molar-refractivity contribution < 1.29 is 9.84 Å². The van der Waals surface area contributed by atoms with Gasteiger partial charge in [0, 0.05) is 0 Å². The summed E-state index contributed by atoms with van der Waals surface area (Å²) in [5.74, 6) is 0.912. The molecule has 0 heterocycles. The van der Waals surface area contributed by atoms with Gasteiger partial charge in [0.15, 0.2) is 0 Å². The average molecular weight is 164 g/mol. The second-order valence-corrected chi connectivity index (χ2v) is 3.12. The molecule has 64 valence electrons. The minimum absolute atomic E-state index is 0.101. The molecule has 2 rings (SSSR count). The van der Waals surface area contributed by atoms with Crippen molar-refractivity contribution in [1.82, 2.24) is 0 Å². The summed E-state index contributed by atoms with van der Waals surface area (Å²) in [5, 5.41) is 8.78. The second kappa shape index (κ2) is 3.15. The van der Waals surface area contributed by atoms with Gasteiger partial charge in [0.2, 0.25) is 0 Å². The van der Waals surface area contributed by atoms with E-state index in [1.54, 1.807) is 0 Å². The van der Waals surface area contributed by atoms with E-state index >= 15 is 0 Å². The SMILES string of the molecule is OCc1ccc(OC2CC2)cc1. The number of hydrogen-bond acceptors (Lipinski definition) is 2. The van der Waals surface area contributed by atoms with E-state index in [1.807, 2.05) is 24.3 Å². The Hall–Kier alpha value is -1.02. The summed E-state index contributed by atoms with van der Waals surface area (Å²) in [6, 6.07) is 7.59. The Morgan fingerprint density at radius 3 is 2.42 bits per heavy atom. The Labute approximate surface area is 71.8 Å². The second-order valence-electron chi connectivity index (χ2n) is 3.12. The van der Waals surface area contributed by atoms with Crippen LogP contribution in [0.4, 0.5) is 0 Å². The standard InChI is InChI=1S/C10H12O2/c11-7-8-1-3-9(4-2-8)12-10-5-6-10/h1-4,10-11H,5-7H2. The first kappa shape index (κ1) is 7.62. The Morgan fingerprint density at radius 1 is 1.25 bits per heavy atom. The van der Waals surface area contributed by atoms with Crippen LogP contribution in [0, 0.1) is 0 Å². The lowest BCUT2D eigenvalue weighted by Gasteiger charge is -2.03. The Bertz CT molecular complexity index is 249. The van der Waals surface area contributed by atoms with Crippen molar-refractivity contribution in [3.63, 3.8) is 0 Å². The van der Waals surface area contributed by atoms with E-state index in [0.717, 1.165) is 11.3 Å². The number of hydrogen-bond donors (Lipinski definition) is 1. The molecule has 1 aliphatic rings. The van der Waals surface area contributed by atoms with Gasteiger partial charge in [0.1, 0.15) is 5.75 Å². The Kier molecular flexibility index (Phi) is 2.00. The fraction of sp³-hybridized carbons (Fsp3) is 0.400. The van der Waals surface area contributed by atoms with Gasteiger partial charge in [-0.3, -0.25) is 0 Å². The molecule has 2 nitrogen and oxygen atoms in total. The number of ether oxygens (including phenoxy) is 1. The predicted molar refractivity (Wildman–Crippen MR) is 46.0 cm³/mol. The summed E-state index contributed by atoms with van der Waals surface area (Å²) >= 11 is 0. The van der Waals surface area contributed by atoms with Gasteiger partial charge in [-0.15, -0.1) is 0 Å². The minimum atomic E-state index is 0.101. The first-order valence-corrected chi connectivity index (χ1v) is 4.25. The minimum Gasteiger partial charge on any atom is -0.490 e. The molecule has 1 aromatic carbocycles. The van der Waals surface area contributed by atoms with Crippen molar-refractivity contribution in [2.75, 3.05) is 0 Å². The van der Waals surface area contributed by atoms with E-state index in [1.165, 1.54) is 12.8 Å². The van der Waals surface area contributed by atoms with E-state index in [2.05, 4.69) is 0 Å². The number of rotatable bonds is 3. The highest BCUT2D eigenvalue weighted by molar-refractivity contribution is 5.27. The summed E-state index contributed by atoms with van der Waals surface area (Å²) in [6.45, 7) is 0.101. The quantitative estimate of drug-likeness (QED) is 0.737. The van der Waals surface area contributed by atoms with Crippen LogP contribution in [0.1, 0.15) is 18.4 Å². The van der Waals surface area contributed by atoms with Crippen LogP contribution in [-0.4, -0.2) is 11.2 Å². The van der Waals surface area contributed by atoms with E-state index in [-0.39, 0.29) is 6.61 Å². The Balaban J connectivity index is 2.02. The third-order valence-electron chi connectivity index (χ3n) is 1.93. The smallest absolute Gasteiger partial charge is 0.119 e. The van der Waals surface area contributed by atoms with Crippen LogP contribution < -0.4 is 4.74 Å². The van der Waals surface area contributed by atoms with E-state index in [0.29, 0.717) is 6.10 Å². The molecule has 1 N–H and O–H groups in total. The molecule has 1 aliphatic carbocycles. The molecule has 12 heavy (non-hydrogen) atoms. The highest BCUT2D eigenvalue weighted by atomic mass is 16.5. The molecule has 0 radical (unpaired) electrons. The number of aliphatic hydroxyl groups is 1. The van der Waals surface area contributed by atoms with Gasteiger partial charge < -0.3 is 9.84 Å². The monoisotopic (exact) mass is 164 g/mol. The molecule has 0 amide bonds. The third-order valence-corrected chi connectivity index (χ3v) is 1.93. The van der Waals surface area contributed by atoms with Gasteiger partial charge in [-0.05, 0) is 30.5 Å². The maximum absolute atomic E-state index is 8.78. The molecule has 0 unspecified atom stereocenters. The maximum Gasteiger partial charge on any atom is 0.119 e. The number of benzene rings is 1. The van der Waals surface area contributed by atoms with Crippen molar-refractivity contribution >= 4 is 0 Å². The van der Waals surface area contributed by atoms with Crippen LogP contribution in [0.5, 0.6) is 5.75 Å². The fourth-order valence-corrected chi connectivity index (χ4v) is 1.05. The lowest BCUT2D eigenvalue weighted by molar-refractivity contribution is 0.280. The van der Waals surface area contributed by atoms with Crippen LogP contribution in [0.3, 0.4) is 0 Å². The summed E-state index contributed by atoms with van der Waals surface area (Å²) in [7, 11) is 0. The molecular formula is C10H12O2. The van der Waals surface area contributed by atoms with Crippen molar-refractivity contribution in [3.8, 4) is 5.75 Å².